The number of carbonyl (C=O) groups is 3. The van der Waals surface area contributed by atoms with E-state index in [9.17, 15) is 24.6 Å². The van der Waals surface area contributed by atoms with Crippen molar-refractivity contribution in [3.63, 3.8) is 0 Å². The number of anilines is 1. The quantitative estimate of drug-likeness (QED) is 0.608. The molecule has 2 atom stereocenters. The van der Waals surface area contributed by atoms with Crippen molar-refractivity contribution in [2.45, 2.75) is 29.8 Å². The van der Waals surface area contributed by atoms with Gasteiger partial charge in [-0.2, -0.15) is 0 Å². The van der Waals surface area contributed by atoms with E-state index in [4.69, 9.17) is 0 Å². The number of hydrogen-bond donors (Lipinski definition) is 3. The van der Waals surface area contributed by atoms with Crippen LogP contribution in [0.1, 0.15) is 12.0 Å². The molecule has 152 valence electrons. The second-order valence-electron chi connectivity index (χ2n) is 6.73. The molecule has 1 aliphatic rings. The van der Waals surface area contributed by atoms with E-state index in [-0.39, 0.29) is 0 Å². The SMILES string of the molecule is O=C(O)CN1C(=O)C(N[C@H](CCc2ccccc2)C(=O)O)CSc2ccccc21. The molecular weight excluding hydrogens is 392 g/mol. The Balaban J connectivity index is 1.77. The second-order valence-corrected chi connectivity index (χ2v) is 7.79. The Hall–Kier alpha value is -2.84. The molecule has 0 bridgehead atoms. The predicted molar refractivity (Wildman–Crippen MR) is 110 cm³/mol. The maximum Gasteiger partial charge on any atom is 0.323 e. The van der Waals surface area contributed by atoms with E-state index in [0.29, 0.717) is 24.3 Å². The molecule has 0 fully saturated rings. The summed E-state index contributed by atoms with van der Waals surface area (Å²) in [6, 6.07) is 14.9. The van der Waals surface area contributed by atoms with Crippen molar-refractivity contribution >= 4 is 35.3 Å². The van der Waals surface area contributed by atoms with E-state index in [1.54, 1.807) is 12.1 Å². The highest BCUT2D eigenvalue weighted by Gasteiger charge is 2.34. The summed E-state index contributed by atoms with van der Waals surface area (Å²) in [7, 11) is 0. The molecule has 0 aliphatic carbocycles. The molecule has 29 heavy (non-hydrogen) atoms. The van der Waals surface area contributed by atoms with Gasteiger partial charge < -0.3 is 10.2 Å². The van der Waals surface area contributed by atoms with Gasteiger partial charge in [-0.3, -0.25) is 24.6 Å². The molecule has 1 unspecified atom stereocenters. The highest BCUT2D eigenvalue weighted by atomic mass is 32.2. The number of amides is 1. The van der Waals surface area contributed by atoms with Crippen LogP contribution in [-0.2, 0) is 20.8 Å². The number of carboxylic acids is 2. The Bertz CT molecular complexity index is 890. The van der Waals surface area contributed by atoms with Gasteiger partial charge in [0.15, 0.2) is 0 Å². The van der Waals surface area contributed by atoms with E-state index < -0.39 is 36.5 Å². The normalized spacial score (nSPS) is 17.3. The van der Waals surface area contributed by atoms with E-state index in [0.717, 1.165) is 10.5 Å². The number of hydrogen-bond acceptors (Lipinski definition) is 5. The molecule has 2 aromatic carbocycles. The summed E-state index contributed by atoms with van der Waals surface area (Å²) in [6.07, 6.45) is 0.873. The molecule has 8 heteroatoms. The minimum Gasteiger partial charge on any atom is -0.480 e. The number of carbonyl (C=O) groups excluding carboxylic acids is 1. The van der Waals surface area contributed by atoms with Crippen LogP contribution >= 0.6 is 11.8 Å². The fourth-order valence-electron chi connectivity index (χ4n) is 3.25. The Labute approximate surface area is 172 Å². The first-order valence-electron chi connectivity index (χ1n) is 9.23. The summed E-state index contributed by atoms with van der Waals surface area (Å²) < 4.78 is 0. The zero-order valence-electron chi connectivity index (χ0n) is 15.7. The number of nitrogens with zero attached hydrogens (tertiary/aromatic N) is 1. The number of fused-ring (bicyclic) bond motifs is 1. The molecule has 0 saturated carbocycles. The predicted octanol–water partition coefficient (Wildman–Crippen LogP) is 2.25. The number of aryl methyl sites for hydroxylation is 1. The topological polar surface area (TPSA) is 107 Å². The third-order valence-electron chi connectivity index (χ3n) is 4.68. The summed E-state index contributed by atoms with van der Waals surface area (Å²) >= 11 is 1.41. The number of para-hydroxylation sites is 1. The maximum atomic E-state index is 13.1. The Morgan fingerprint density at radius 2 is 1.79 bits per heavy atom. The first-order valence-corrected chi connectivity index (χ1v) is 10.2. The van der Waals surface area contributed by atoms with Gasteiger partial charge >= 0.3 is 11.9 Å². The first-order chi connectivity index (χ1) is 14.0. The van der Waals surface area contributed by atoms with Crippen LogP contribution in [-0.4, -0.2) is 52.4 Å². The van der Waals surface area contributed by atoms with Crippen molar-refractivity contribution in [3.05, 3.63) is 60.2 Å². The second kappa shape index (κ2) is 9.58. The highest BCUT2D eigenvalue weighted by molar-refractivity contribution is 7.99. The number of nitrogens with one attached hydrogen (secondary N) is 1. The molecular formula is C21H22N2O5S. The van der Waals surface area contributed by atoms with Crippen molar-refractivity contribution in [1.29, 1.82) is 0 Å². The molecule has 3 rings (SSSR count). The number of aliphatic carboxylic acids is 2. The van der Waals surface area contributed by atoms with Crippen molar-refractivity contribution in [3.8, 4) is 0 Å². The molecule has 1 heterocycles. The largest absolute Gasteiger partial charge is 0.480 e. The zero-order valence-corrected chi connectivity index (χ0v) is 16.5. The van der Waals surface area contributed by atoms with E-state index in [1.807, 2.05) is 42.5 Å². The van der Waals surface area contributed by atoms with Gasteiger partial charge in [0.25, 0.3) is 0 Å². The lowest BCUT2D eigenvalue weighted by Gasteiger charge is -2.26. The average molecular weight is 414 g/mol. The summed E-state index contributed by atoms with van der Waals surface area (Å²) in [5.41, 5.74) is 1.55. The lowest BCUT2D eigenvalue weighted by molar-refractivity contribution is -0.140. The van der Waals surface area contributed by atoms with Crippen LogP contribution in [0.4, 0.5) is 5.69 Å². The van der Waals surface area contributed by atoms with E-state index in [2.05, 4.69) is 5.32 Å². The highest BCUT2D eigenvalue weighted by Crippen LogP contribution is 2.34. The molecule has 2 aromatic rings. The Morgan fingerprint density at radius 1 is 1.10 bits per heavy atom. The Kier molecular flexibility index (Phi) is 6.90. The lowest BCUT2D eigenvalue weighted by atomic mass is 10.0. The molecule has 0 aromatic heterocycles. The fraction of sp³-hybridized carbons (Fsp3) is 0.286. The number of thioether (sulfide) groups is 1. The maximum absolute atomic E-state index is 13.1. The molecule has 0 saturated heterocycles. The van der Waals surface area contributed by atoms with Gasteiger partial charge in [-0.1, -0.05) is 42.5 Å². The van der Waals surface area contributed by atoms with Crippen LogP contribution in [0.15, 0.2) is 59.5 Å². The number of benzene rings is 2. The molecule has 1 amide bonds. The van der Waals surface area contributed by atoms with Gasteiger partial charge in [0.05, 0.1) is 11.7 Å². The van der Waals surface area contributed by atoms with Crippen LogP contribution in [0.2, 0.25) is 0 Å². The van der Waals surface area contributed by atoms with Gasteiger partial charge in [-0.15, -0.1) is 11.8 Å². The number of carboxylic acid groups (broad SMARTS) is 2. The summed E-state index contributed by atoms with van der Waals surface area (Å²) in [5, 5.41) is 21.8. The van der Waals surface area contributed by atoms with Gasteiger partial charge in [0, 0.05) is 10.6 Å². The standard InChI is InChI=1S/C21H22N2O5S/c24-19(25)12-23-17-8-4-5-9-18(17)29-13-16(20(23)26)22-15(21(27)28)11-10-14-6-2-1-3-7-14/h1-9,15-16,22H,10-13H2,(H,24,25)(H,27,28)/t15-,16?/m1/s1. The minimum absolute atomic E-state index is 0.319. The third-order valence-corrected chi connectivity index (χ3v) is 5.84. The van der Waals surface area contributed by atoms with Gasteiger partial charge in [0.1, 0.15) is 12.6 Å². The van der Waals surface area contributed by atoms with Crippen molar-refractivity contribution in [2.24, 2.45) is 0 Å². The van der Waals surface area contributed by atoms with Crippen molar-refractivity contribution in [1.82, 2.24) is 5.32 Å². The summed E-state index contributed by atoms with van der Waals surface area (Å²) in [4.78, 5) is 38.2. The molecule has 1 aliphatic heterocycles. The van der Waals surface area contributed by atoms with Crippen LogP contribution in [0.25, 0.3) is 0 Å². The molecule has 3 N–H and O–H groups in total. The summed E-state index contributed by atoms with van der Waals surface area (Å²) in [5.74, 6) is -2.28. The monoisotopic (exact) mass is 414 g/mol. The first kappa shape index (κ1) is 20.9. The summed E-state index contributed by atoms with van der Waals surface area (Å²) in [6.45, 7) is -0.476. The van der Waals surface area contributed by atoms with E-state index in [1.165, 1.54) is 16.7 Å². The molecule has 0 radical (unpaired) electrons. The van der Waals surface area contributed by atoms with Gasteiger partial charge in [0.2, 0.25) is 5.91 Å². The average Bonchev–Trinajstić information content (AvgIpc) is 2.83. The third kappa shape index (κ3) is 5.36. The Morgan fingerprint density at radius 3 is 2.48 bits per heavy atom. The van der Waals surface area contributed by atoms with Crippen LogP contribution in [0.5, 0.6) is 0 Å². The van der Waals surface area contributed by atoms with Gasteiger partial charge in [-0.05, 0) is 30.5 Å². The minimum atomic E-state index is -1.13. The van der Waals surface area contributed by atoms with Crippen molar-refractivity contribution < 1.29 is 24.6 Å². The number of rotatable bonds is 8. The van der Waals surface area contributed by atoms with Crippen LogP contribution < -0.4 is 10.2 Å². The van der Waals surface area contributed by atoms with E-state index >= 15 is 0 Å². The molecule has 0 spiro atoms. The fourth-order valence-corrected chi connectivity index (χ4v) is 4.33. The lowest BCUT2D eigenvalue weighted by Crippen LogP contribution is -2.53. The van der Waals surface area contributed by atoms with Crippen LogP contribution in [0.3, 0.4) is 0 Å². The smallest absolute Gasteiger partial charge is 0.323 e. The van der Waals surface area contributed by atoms with Gasteiger partial charge in [-0.25, -0.2) is 0 Å². The van der Waals surface area contributed by atoms with Crippen molar-refractivity contribution in [2.75, 3.05) is 17.2 Å². The molecule has 7 nitrogen and oxygen atoms in total. The van der Waals surface area contributed by atoms with Crippen LogP contribution in [0, 0.1) is 0 Å². The zero-order chi connectivity index (χ0) is 20.8.